The maximum absolute atomic E-state index is 12.1. The zero-order valence-electron chi connectivity index (χ0n) is 10.5. The van der Waals surface area contributed by atoms with Crippen molar-refractivity contribution >= 4 is 21.6 Å². The first-order chi connectivity index (χ1) is 8.95. The number of carbonyl (C=O) groups excluding carboxylic acids is 1. The van der Waals surface area contributed by atoms with Gasteiger partial charge < -0.3 is 5.32 Å². The van der Waals surface area contributed by atoms with Gasteiger partial charge in [-0.05, 0) is 12.8 Å². The smallest absolute Gasteiger partial charge is 0.243 e. The molecule has 2 heterocycles. The lowest BCUT2D eigenvalue weighted by atomic mass is 10.2. The fourth-order valence-corrected chi connectivity index (χ4v) is 3.92. The monoisotopic (exact) mass is 282 g/mol. The number of carbonyl (C=O) groups is 1. The SMILES string of the molecule is Cn1ncc(C#N)c1NC(=O)C1CCCCS1(=O)=O. The third kappa shape index (κ3) is 2.61. The Balaban J connectivity index is 2.22. The molecule has 2 rings (SSSR count). The van der Waals surface area contributed by atoms with Crippen LogP contribution in [-0.4, -0.2) is 35.1 Å². The van der Waals surface area contributed by atoms with E-state index in [-0.39, 0.29) is 17.1 Å². The quantitative estimate of drug-likeness (QED) is 0.834. The van der Waals surface area contributed by atoms with Crippen molar-refractivity contribution < 1.29 is 13.2 Å². The first kappa shape index (κ1) is 13.5. The molecule has 1 fully saturated rings. The molecule has 0 bridgehead atoms. The third-order valence-corrected chi connectivity index (χ3v) is 5.35. The molecule has 1 unspecified atom stereocenters. The second-order valence-electron chi connectivity index (χ2n) is 4.48. The Morgan fingerprint density at radius 1 is 1.58 bits per heavy atom. The first-order valence-corrected chi connectivity index (χ1v) is 7.62. The van der Waals surface area contributed by atoms with Crippen LogP contribution in [0.2, 0.25) is 0 Å². The van der Waals surface area contributed by atoms with E-state index in [1.54, 1.807) is 7.05 Å². The minimum atomic E-state index is -3.38. The number of nitrogens with one attached hydrogen (secondary N) is 1. The summed E-state index contributed by atoms with van der Waals surface area (Å²) in [4.78, 5) is 12.1. The molecule has 19 heavy (non-hydrogen) atoms. The van der Waals surface area contributed by atoms with Crippen LogP contribution in [0.4, 0.5) is 5.82 Å². The van der Waals surface area contributed by atoms with Crippen molar-refractivity contribution in [2.75, 3.05) is 11.1 Å². The lowest BCUT2D eigenvalue weighted by molar-refractivity contribution is -0.116. The lowest BCUT2D eigenvalue weighted by Gasteiger charge is -2.21. The van der Waals surface area contributed by atoms with Gasteiger partial charge in [0.25, 0.3) is 0 Å². The number of sulfone groups is 1. The van der Waals surface area contributed by atoms with Crippen LogP contribution in [0.25, 0.3) is 0 Å². The van der Waals surface area contributed by atoms with E-state index >= 15 is 0 Å². The van der Waals surface area contributed by atoms with Crippen LogP contribution >= 0.6 is 0 Å². The number of aryl methyl sites for hydroxylation is 1. The summed E-state index contributed by atoms with van der Waals surface area (Å²) in [5.41, 5.74) is 0.212. The van der Waals surface area contributed by atoms with Gasteiger partial charge in [0, 0.05) is 7.05 Å². The fourth-order valence-electron chi connectivity index (χ4n) is 2.11. The summed E-state index contributed by atoms with van der Waals surface area (Å²) in [6.07, 6.45) is 2.97. The second-order valence-corrected chi connectivity index (χ2v) is 6.79. The molecule has 1 aliphatic rings. The Hall–Kier alpha value is -1.88. The molecule has 1 aromatic heterocycles. The van der Waals surface area contributed by atoms with Crippen molar-refractivity contribution in [3.8, 4) is 6.07 Å². The van der Waals surface area contributed by atoms with E-state index in [9.17, 15) is 13.2 Å². The van der Waals surface area contributed by atoms with Gasteiger partial charge in [0.1, 0.15) is 22.7 Å². The third-order valence-electron chi connectivity index (χ3n) is 3.17. The Morgan fingerprint density at radius 3 is 2.95 bits per heavy atom. The minimum Gasteiger partial charge on any atom is -0.309 e. The zero-order chi connectivity index (χ0) is 14.0. The predicted octanol–water partition coefficient (Wildman–Crippen LogP) is 0.198. The molecular formula is C11H14N4O3S. The molecule has 1 aliphatic heterocycles. The topological polar surface area (TPSA) is 105 Å². The summed E-state index contributed by atoms with van der Waals surface area (Å²) in [5.74, 6) is -0.310. The number of hydrogen-bond acceptors (Lipinski definition) is 5. The van der Waals surface area contributed by atoms with E-state index in [1.807, 2.05) is 6.07 Å². The van der Waals surface area contributed by atoms with Gasteiger partial charge >= 0.3 is 0 Å². The average Bonchev–Trinajstić information content (AvgIpc) is 2.70. The highest BCUT2D eigenvalue weighted by Gasteiger charge is 2.35. The van der Waals surface area contributed by atoms with Gasteiger partial charge in [-0.1, -0.05) is 6.42 Å². The van der Waals surface area contributed by atoms with Crippen molar-refractivity contribution in [1.29, 1.82) is 5.26 Å². The lowest BCUT2D eigenvalue weighted by Crippen LogP contribution is -2.39. The standard InChI is InChI=1S/C11H14N4O3S/c1-15-10(8(6-12)7-13-15)14-11(16)9-4-2-3-5-19(9,17)18/h7,9H,2-5H2,1H3,(H,14,16). The molecule has 1 N–H and O–H groups in total. The maximum atomic E-state index is 12.1. The summed E-state index contributed by atoms with van der Waals surface area (Å²) < 4.78 is 25.0. The second kappa shape index (κ2) is 5.01. The number of nitriles is 1. The Bertz CT molecular complexity index is 641. The van der Waals surface area contributed by atoms with Crippen molar-refractivity contribution in [3.63, 3.8) is 0 Å². The van der Waals surface area contributed by atoms with E-state index in [0.717, 1.165) is 0 Å². The maximum Gasteiger partial charge on any atom is 0.243 e. The zero-order valence-corrected chi connectivity index (χ0v) is 11.3. The van der Waals surface area contributed by atoms with E-state index in [4.69, 9.17) is 5.26 Å². The summed E-state index contributed by atoms with van der Waals surface area (Å²) >= 11 is 0. The van der Waals surface area contributed by atoms with E-state index in [0.29, 0.717) is 19.3 Å². The van der Waals surface area contributed by atoms with Crippen LogP contribution in [0.15, 0.2) is 6.20 Å². The molecule has 0 saturated carbocycles. The number of hydrogen-bond donors (Lipinski definition) is 1. The molecular weight excluding hydrogens is 268 g/mol. The van der Waals surface area contributed by atoms with Crippen LogP contribution in [0, 0.1) is 11.3 Å². The average molecular weight is 282 g/mol. The predicted molar refractivity (Wildman–Crippen MR) is 68.0 cm³/mol. The first-order valence-electron chi connectivity index (χ1n) is 5.90. The summed E-state index contributed by atoms with van der Waals surface area (Å²) in [6.45, 7) is 0. The highest BCUT2D eigenvalue weighted by atomic mass is 32.2. The Morgan fingerprint density at radius 2 is 2.32 bits per heavy atom. The normalized spacial score (nSPS) is 21.6. The highest BCUT2D eigenvalue weighted by Crippen LogP contribution is 2.22. The molecule has 7 nitrogen and oxygen atoms in total. The van der Waals surface area contributed by atoms with Crippen LogP contribution in [0.3, 0.4) is 0 Å². The van der Waals surface area contributed by atoms with Crippen LogP contribution in [0.5, 0.6) is 0 Å². The van der Waals surface area contributed by atoms with Crippen LogP contribution in [0.1, 0.15) is 24.8 Å². The number of aromatic nitrogens is 2. The van der Waals surface area contributed by atoms with E-state index in [1.165, 1.54) is 10.9 Å². The number of nitrogens with zero attached hydrogens (tertiary/aromatic N) is 3. The molecule has 1 amide bonds. The van der Waals surface area contributed by atoms with Gasteiger partial charge in [-0.25, -0.2) is 8.42 Å². The van der Waals surface area contributed by atoms with E-state index in [2.05, 4.69) is 10.4 Å². The fraction of sp³-hybridized carbons (Fsp3) is 0.545. The molecule has 8 heteroatoms. The number of amides is 1. The van der Waals surface area contributed by atoms with Crippen molar-refractivity contribution in [3.05, 3.63) is 11.8 Å². The summed E-state index contributed by atoms with van der Waals surface area (Å²) in [5, 5.41) is 14.2. The Labute approximate surface area is 111 Å². The molecule has 1 aromatic rings. The van der Waals surface area contributed by atoms with Gasteiger partial charge in [0.05, 0.1) is 11.9 Å². The largest absolute Gasteiger partial charge is 0.309 e. The number of anilines is 1. The molecule has 1 saturated heterocycles. The molecule has 1 atom stereocenters. The van der Waals surface area contributed by atoms with Crippen molar-refractivity contribution in [2.45, 2.75) is 24.5 Å². The summed E-state index contributed by atoms with van der Waals surface area (Å²) in [6, 6.07) is 1.90. The van der Waals surface area contributed by atoms with E-state index < -0.39 is 21.0 Å². The minimum absolute atomic E-state index is 0.0432. The number of rotatable bonds is 2. The van der Waals surface area contributed by atoms with Gasteiger partial charge in [0.2, 0.25) is 5.91 Å². The van der Waals surface area contributed by atoms with Crippen molar-refractivity contribution in [1.82, 2.24) is 9.78 Å². The van der Waals surface area contributed by atoms with Crippen LogP contribution < -0.4 is 5.32 Å². The van der Waals surface area contributed by atoms with Crippen molar-refractivity contribution in [2.24, 2.45) is 7.05 Å². The van der Waals surface area contributed by atoms with Crippen LogP contribution in [-0.2, 0) is 21.7 Å². The Kier molecular flexibility index (Phi) is 3.57. The van der Waals surface area contributed by atoms with Gasteiger partial charge in [-0.15, -0.1) is 0 Å². The van der Waals surface area contributed by atoms with Gasteiger partial charge in [-0.3, -0.25) is 9.48 Å². The van der Waals surface area contributed by atoms with Gasteiger partial charge in [0.15, 0.2) is 9.84 Å². The van der Waals surface area contributed by atoms with Gasteiger partial charge in [-0.2, -0.15) is 10.4 Å². The highest BCUT2D eigenvalue weighted by molar-refractivity contribution is 7.92. The molecule has 0 aromatic carbocycles. The molecule has 102 valence electrons. The molecule has 0 spiro atoms. The molecule has 0 radical (unpaired) electrons. The molecule has 0 aliphatic carbocycles. The summed E-state index contributed by atoms with van der Waals surface area (Å²) in [7, 11) is -1.81.